The van der Waals surface area contributed by atoms with Crippen molar-refractivity contribution >= 4 is 5.82 Å². The van der Waals surface area contributed by atoms with Crippen LogP contribution in [-0.4, -0.2) is 18.6 Å². The summed E-state index contributed by atoms with van der Waals surface area (Å²) >= 11 is 0. The lowest BCUT2D eigenvalue weighted by Gasteiger charge is -2.21. The number of halogens is 1. The number of aryl methyl sites for hydroxylation is 1. The summed E-state index contributed by atoms with van der Waals surface area (Å²) < 4.78 is 14.5. The van der Waals surface area contributed by atoms with Gasteiger partial charge in [0.05, 0.1) is 0 Å². The number of nitrogens with zero attached hydrogens (tertiary/aromatic N) is 2. The molecule has 0 radical (unpaired) electrons. The lowest BCUT2D eigenvalue weighted by Crippen LogP contribution is -2.21. The minimum Gasteiger partial charge on any atom is -0.353 e. The Morgan fingerprint density at radius 2 is 1.95 bits per heavy atom. The largest absolute Gasteiger partial charge is 0.353 e. The highest BCUT2D eigenvalue weighted by Crippen LogP contribution is 2.21. The number of rotatable bonds is 6. The number of hydrogen-bond acceptors (Lipinski definition) is 3. The number of pyridine rings is 1. The molecule has 21 heavy (non-hydrogen) atoms. The van der Waals surface area contributed by atoms with Gasteiger partial charge in [-0.15, -0.1) is 0 Å². The number of nitrogens with one attached hydrogen (secondary N) is 1. The van der Waals surface area contributed by atoms with E-state index in [1.165, 1.54) is 11.1 Å². The van der Waals surface area contributed by atoms with Crippen molar-refractivity contribution < 1.29 is 4.39 Å². The second-order valence-electron chi connectivity index (χ2n) is 5.17. The van der Waals surface area contributed by atoms with Crippen LogP contribution < -0.4 is 10.2 Å². The summed E-state index contributed by atoms with van der Waals surface area (Å²) in [5.74, 6) is 0.156. The fourth-order valence-corrected chi connectivity index (χ4v) is 2.25. The molecular formula is C17H22FN3. The summed E-state index contributed by atoms with van der Waals surface area (Å²) in [6, 6.07) is 9.86. The van der Waals surface area contributed by atoms with Crippen molar-refractivity contribution in [2.75, 3.05) is 18.5 Å². The van der Waals surface area contributed by atoms with E-state index >= 15 is 0 Å². The van der Waals surface area contributed by atoms with Gasteiger partial charge in [-0.25, -0.2) is 9.37 Å². The van der Waals surface area contributed by atoms with Crippen LogP contribution in [0.5, 0.6) is 0 Å². The molecule has 1 aromatic heterocycles. The van der Waals surface area contributed by atoms with Crippen LogP contribution in [0.3, 0.4) is 0 Å². The first kappa shape index (κ1) is 15.4. The highest BCUT2D eigenvalue weighted by molar-refractivity contribution is 5.43. The maximum atomic E-state index is 14.5. The Balaban J connectivity index is 2.19. The van der Waals surface area contributed by atoms with Gasteiger partial charge in [0.25, 0.3) is 0 Å². The normalized spacial score (nSPS) is 10.7. The highest BCUT2D eigenvalue weighted by atomic mass is 19.1. The van der Waals surface area contributed by atoms with Crippen LogP contribution in [0.4, 0.5) is 10.2 Å². The summed E-state index contributed by atoms with van der Waals surface area (Å²) in [6.45, 7) is 6.05. The van der Waals surface area contributed by atoms with E-state index in [0.717, 1.165) is 6.54 Å². The number of anilines is 1. The zero-order valence-corrected chi connectivity index (χ0v) is 12.9. The third-order valence-electron chi connectivity index (χ3n) is 3.55. The Bertz CT molecular complexity index is 598. The van der Waals surface area contributed by atoms with Crippen molar-refractivity contribution in [2.45, 2.75) is 26.9 Å². The minimum absolute atomic E-state index is 0.241. The van der Waals surface area contributed by atoms with Crippen molar-refractivity contribution in [1.82, 2.24) is 10.3 Å². The van der Waals surface area contributed by atoms with Crippen LogP contribution in [0.15, 0.2) is 36.5 Å². The van der Waals surface area contributed by atoms with Crippen LogP contribution in [-0.2, 0) is 13.1 Å². The topological polar surface area (TPSA) is 28.2 Å². The van der Waals surface area contributed by atoms with Gasteiger partial charge in [-0.2, -0.15) is 0 Å². The van der Waals surface area contributed by atoms with E-state index in [1.807, 2.05) is 31.0 Å². The molecule has 0 aliphatic carbocycles. The fourth-order valence-electron chi connectivity index (χ4n) is 2.25. The van der Waals surface area contributed by atoms with E-state index in [2.05, 4.69) is 29.4 Å². The maximum absolute atomic E-state index is 14.5. The van der Waals surface area contributed by atoms with Crippen LogP contribution in [0.25, 0.3) is 0 Å². The first-order valence-corrected chi connectivity index (χ1v) is 7.23. The van der Waals surface area contributed by atoms with Gasteiger partial charge in [0.15, 0.2) is 11.6 Å². The molecule has 0 aliphatic heterocycles. The van der Waals surface area contributed by atoms with E-state index < -0.39 is 0 Å². The van der Waals surface area contributed by atoms with E-state index in [1.54, 1.807) is 12.3 Å². The summed E-state index contributed by atoms with van der Waals surface area (Å²) in [7, 11) is 1.87. The molecule has 0 saturated heterocycles. The Morgan fingerprint density at radius 3 is 2.67 bits per heavy atom. The zero-order valence-electron chi connectivity index (χ0n) is 12.9. The van der Waals surface area contributed by atoms with Gasteiger partial charge in [-0.05, 0) is 30.7 Å². The van der Waals surface area contributed by atoms with Gasteiger partial charge in [-0.3, -0.25) is 0 Å². The first-order chi connectivity index (χ1) is 10.1. The van der Waals surface area contributed by atoms with Crippen molar-refractivity contribution in [1.29, 1.82) is 0 Å². The lowest BCUT2D eigenvalue weighted by atomic mass is 10.1. The monoisotopic (exact) mass is 287 g/mol. The van der Waals surface area contributed by atoms with Gasteiger partial charge in [0.2, 0.25) is 0 Å². The van der Waals surface area contributed by atoms with Crippen molar-refractivity contribution in [3.63, 3.8) is 0 Å². The molecule has 0 spiro atoms. The SMILES string of the molecule is CCNCc1ccnc(N(C)Cc2ccccc2C)c1F. The molecule has 3 nitrogen and oxygen atoms in total. The quantitative estimate of drug-likeness (QED) is 0.884. The highest BCUT2D eigenvalue weighted by Gasteiger charge is 2.14. The molecular weight excluding hydrogens is 265 g/mol. The standard InChI is InChI=1S/C17H22FN3/c1-4-19-11-14-9-10-20-17(16(14)18)21(3)12-15-8-6-5-7-13(15)2/h5-10,19H,4,11-12H2,1-3H3. The molecule has 1 N–H and O–H groups in total. The predicted molar refractivity (Wildman–Crippen MR) is 84.9 cm³/mol. The fraction of sp³-hybridized carbons (Fsp3) is 0.353. The maximum Gasteiger partial charge on any atom is 0.170 e. The molecule has 0 bridgehead atoms. The summed E-state index contributed by atoms with van der Waals surface area (Å²) in [5.41, 5.74) is 3.03. The molecule has 2 rings (SSSR count). The molecule has 1 aromatic carbocycles. The molecule has 0 fully saturated rings. The number of hydrogen-bond donors (Lipinski definition) is 1. The molecule has 2 aromatic rings. The van der Waals surface area contributed by atoms with E-state index in [-0.39, 0.29) is 5.82 Å². The molecule has 0 saturated carbocycles. The average Bonchev–Trinajstić information content (AvgIpc) is 2.48. The molecule has 112 valence electrons. The summed E-state index contributed by atoms with van der Waals surface area (Å²) in [6.07, 6.45) is 1.67. The smallest absolute Gasteiger partial charge is 0.170 e. The lowest BCUT2D eigenvalue weighted by molar-refractivity contribution is 0.583. The van der Waals surface area contributed by atoms with E-state index in [0.29, 0.717) is 24.5 Å². The van der Waals surface area contributed by atoms with Crippen LogP contribution in [0, 0.1) is 12.7 Å². The van der Waals surface area contributed by atoms with Crippen LogP contribution >= 0.6 is 0 Å². The Kier molecular flexibility index (Phi) is 5.28. The van der Waals surface area contributed by atoms with Crippen LogP contribution in [0.1, 0.15) is 23.6 Å². The average molecular weight is 287 g/mol. The third kappa shape index (κ3) is 3.79. The minimum atomic E-state index is -0.241. The predicted octanol–water partition coefficient (Wildman–Crippen LogP) is 3.28. The Labute approximate surface area is 125 Å². The second kappa shape index (κ2) is 7.18. The number of aromatic nitrogens is 1. The van der Waals surface area contributed by atoms with Crippen molar-refractivity contribution in [3.8, 4) is 0 Å². The Morgan fingerprint density at radius 1 is 1.19 bits per heavy atom. The number of benzene rings is 1. The van der Waals surface area contributed by atoms with Crippen LogP contribution in [0.2, 0.25) is 0 Å². The van der Waals surface area contributed by atoms with Crippen molar-refractivity contribution in [3.05, 3.63) is 59.0 Å². The molecule has 0 atom stereocenters. The zero-order chi connectivity index (χ0) is 15.2. The molecule has 4 heteroatoms. The van der Waals surface area contributed by atoms with E-state index in [9.17, 15) is 4.39 Å². The molecule has 1 heterocycles. The van der Waals surface area contributed by atoms with Gasteiger partial charge in [0.1, 0.15) is 0 Å². The molecule has 0 aliphatic rings. The van der Waals surface area contributed by atoms with Gasteiger partial charge in [0, 0.05) is 31.9 Å². The van der Waals surface area contributed by atoms with E-state index in [4.69, 9.17) is 0 Å². The summed E-state index contributed by atoms with van der Waals surface area (Å²) in [5, 5.41) is 3.14. The first-order valence-electron chi connectivity index (χ1n) is 7.23. The van der Waals surface area contributed by atoms with Gasteiger partial charge >= 0.3 is 0 Å². The van der Waals surface area contributed by atoms with Gasteiger partial charge in [-0.1, -0.05) is 31.2 Å². The molecule has 0 amide bonds. The van der Waals surface area contributed by atoms with Gasteiger partial charge < -0.3 is 10.2 Å². The second-order valence-corrected chi connectivity index (χ2v) is 5.17. The molecule has 0 unspecified atom stereocenters. The third-order valence-corrected chi connectivity index (χ3v) is 3.55. The summed E-state index contributed by atoms with van der Waals surface area (Å²) in [4.78, 5) is 6.05. The Hall–Kier alpha value is -1.94. The van der Waals surface area contributed by atoms with Crippen molar-refractivity contribution in [2.24, 2.45) is 0 Å².